The fourth-order valence-electron chi connectivity index (χ4n) is 1.32. The third kappa shape index (κ3) is 3.06. The molecular formula is C13H22O. The van der Waals surface area contributed by atoms with E-state index in [1.807, 2.05) is 39.8 Å². The number of rotatable bonds is 0. The fourth-order valence-corrected chi connectivity index (χ4v) is 1.32. The van der Waals surface area contributed by atoms with E-state index >= 15 is 0 Å². The van der Waals surface area contributed by atoms with Crippen LogP contribution in [0, 0.1) is 0 Å². The van der Waals surface area contributed by atoms with Crippen molar-refractivity contribution in [2.75, 3.05) is 6.61 Å². The van der Waals surface area contributed by atoms with Crippen molar-refractivity contribution < 1.29 is 4.74 Å². The molecule has 1 aliphatic rings. The quantitative estimate of drug-likeness (QED) is 0.600. The molecule has 0 aliphatic carbocycles. The van der Waals surface area contributed by atoms with Crippen molar-refractivity contribution in [3.8, 4) is 5.75 Å². The van der Waals surface area contributed by atoms with Gasteiger partial charge in [-0.05, 0) is 6.07 Å². The molecule has 0 aromatic heterocycles. The molecule has 1 heterocycles. The number of ether oxygens (including phenoxy) is 1. The number of fused-ring (bicyclic) bond motifs is 1. The van der Waals surface area contributed by atoms with E-state index in [2.05, 4.69) is 19.1 Å². The van der Waals surface area contributed by atoms with Crippen LogP contribution < -0.4 is 4.74 Å². The van der Waals surface area contributed by atoms with Gasteiger partial charge in [0.05, 0.1) is 6.61 Å². The summed E-state index contributed by atoms with van der Waals surface area (Å²) in [6.45, 7) is 11.0. The molecule has 1 aliphatic heterocycles. The Morgan fingerprint density at radius 1 is 1.07 bits per heavy atom. The molecule has 0 N–H and O–H groups in total. The largest absolute Gasteiger partial charge is 0.493 e. The summed E-state index contributed by atoms with van der Waals surface area (Å²) in [5.41, 5.74) is 1.35. The van der Waals surface area contributed by atoms with Gasteiger partial charge in [-0.1, -0.05) is 52.8 Å². The Bertz CT molecular complexity index is 243. The molecule has 1 nitrogen and oxygen atoms in total. The fraction of sp³-hybridized carbons (Fsp3) is 0.538. The maximum atomic E-state index is 5.41. The average Bonchev–Trinajstić information content (AvgIpc) is 2.67. The summed E-state index contributed by atoms with van der Waals surface area (Å²) in [5, 5.41) is 0. The minimum absolute atomic E-state index is 0.580. The van der Waals surface area contributed by atoms with E-state index in [9.17, 15) is 0 Å². The summed E-state index contributed by atoms with van der Waals surface area (Å²) >= 11 is 0. The maximum absolute atomic E-state index is 5.41. The Labute approximate surface area is 88.1 Å². The summed E-state index contributed by atoms with van der Waals surface area (Å²) in [6.07, 6.45) is 0. The van der Waals surface area contributed by atoms with Crippen LogP contribution >= 0.6 is 0 Å². The van der Waals surface area contributed by atoms with Gasteiger partial charge in [0, 0.05) is 11.5 Å². The molecule has 1 unspecified atom stereocenters. The number of hydrogen-bond acceptors (Lipinski definition) is 1. The van der Waals surface area contributed by atoms with Crippen LogP contribution in [0.15, 0.2) is 24.3 Å². The van der Waals surface area contributed by atoms with Gasteiger partial charge < -0.3 is 4.74 Å². The zero-order valence-corrected chi connectivity index (χ0v) is 10.0. The van der Waals surface area contributed by atoms with Crippen molar-refractivity contribution in [1.82, 2.24) is 0 Å². The number of benzene rings is 1. The van der Waals surface area contributed by atoms with Crippen LogP contribution in [-0.2, 0) is 0 Å². The summed E-state index contributed by atoms with van der Waals surface area (Å²) in [7, 11) is 0. The lowest BCUT2D eigenvalue weighted by Gasteiger charge is -1.96. The van der Waals surface area contributed by atoms with Gasteiger partial charge >= 0.3 is 0 Å². The molecule has 1 heteroatoms. The molecule has 0 bridgehead atoms. The van der Waals surface area contributed by atoms with Crippen molar-refractivity contribution in [3.63, 3.8) is 0 Å². The molecule has 0 saturated carbocycles. The highest BCUT2D eigenvalue weighted by molar-refractivity contribution is 5.38. The molecule has 1 aromatic carbocycles. The van der Waals surface area contributed by atoms with Crippen LogP contribution in [0.1, 0.15) is 46.1 Å². The predicted molar refractivity (Wildman–Crippen MR) is 63.0 cm³/mol. The Morgan fingerprint density at radius 2 is 1.64 bits per heavy atom. The first-order valence-corrected chi connectivity index (χ1v) is 5.59. The molecule has 14 heavy (non-hydrogen) atoms. The Balaban J connectivity index is 0.000000379. The van der Waals surface area contributed by atoms with Crippen LogP contribution in [-0.4, -0.2) is 6.61 Å². The van der Waals surface area contributed by atoms with Crippen LogP contribution in [0.25, 0.3) is 0 Å². The summed E-state index contributed by atoms with van der Waals surface area (Å²) in [6, 6.07) is 8.23. The first kappa shape index (κ1) is 13.0. The molecule has 1 aromatic rings. The minimum Gasteiger partial charge on any atom is -0.493 e. The number of hydrogen-bond donors (Lipinski definition) is 0. The van der Waals surface area contributed by atoms with Gasteiger partial charge in [0.15, 0.2) is 0 Å². The van der Waals surface area contributed by atoms with Crippen LogP contribution in [0.4, 0.5) is 0 Å². The van der Waals surface area contributed by atoms with Gasteiger partial charge in [0.1, 0.15) is 5.75 Å². The normalized spacial score (nSPS) is 16.5. The van der Waals surface area contributed by atoms with Crippen molar-refractivity contribution in [2.45, 2.75) is 40.5 Å². The molecule has 80 valence electrons. The molecule has 2 rings (SSSR count). The van der Waals surface area contributed by atoms with E-state index in [0.717, 1.165) is 12.4 Å². The van der Waals surface area contributed by atoms with E-state index in [-0.39, 0.29) is 0 Å². The Hall–Kier alpha value is -0.980. The van der Waals surface area contributed by atoms with Gasteiger partial charge in [-0.2, -0.15) is 0 Å². The first-order valence-electron chi connectivity index (χ1n) is 5.59. The predicted octanol–water partition coefficient (Wildman–Crippen LogP) is 4.23. The van der Waals surface area contributed by atoms with Gasteiger partial charge in [-0.15, -0.1) is 0 Å². The third-order valence-electron chi connectivity index (χ3n) is 1.94. The second kappa shape index (κ2) is 7.43. The highest BCUT2D eigenvalue weighted by Crippen LogP contribution is 2.32. The van der Waals surface area contributed by atoms with Gasteiger partial charge in [-0.25, -0.2) is 0 Å². The Morgan fingerprint density at radius 3 is 2.21 bits per heavy atom. The second-order valence-corrected chi connectivity index (χ2v) is 2.75. The summed E-state index contributed by atoms with van der Waals surface area (Å²) in [5.74, 6) is 1.64. The van der Waals surface area contributed by atoms with Crippen LogP contribution in [0.3, 0.4) is 0 Å². The SMILES string of the molecule is CC.CC.CC1COc2ccccc21. The zero-order chi connectivity index (χ0) is 11.0. The molecule has 0 fully saturated rings. The second-order valence-electron chi connectivity index (χ2n) is 2.75. The minimum atomic E-state index is 0.580. The van der Waals surface area contributed by atoms with Crippen molar-refractivity contribution in [2.24, 2.45) is 0 Å². The first-order chi connectivity index (χ1) is 6.88. The smallest absolute Gasteiger partial charge is 0.122 e. The van der Waals surface area contributed by atoms with Crippen molar-refractivity contribution >= 4 is 0 Å². The summed E-state index contributed by atoms with van der Waals surface area (Å²) < 4.78 is 5.41. The highest BCUT2D eigenvalue weighted by atomic mass is 16.5. The molecule has 0 amide bonds. The van der Waals surface area contributed by atoms with E-state index < -0.39 is 0 Å². The zero-order valence-electron chi connectivity index (χ0n) is 10.0. The molecule has 1 atom stereocenters. The van der Waals surface area contributed by atoms with Gasteiger partial charge in [0.2, 0.25) is 0 Å². The lowest BCUT2D eigenvalue weighted by Crippen LogP contribution is -1.93. The van der Waals surface area contributed by atoms with E-state index in [4.69, 9.17) is 4.74 Å². The van der Waals surface area contributed by atoms with Crippen molar-refractivity contribution in [1.29, 1.82) is 0 Å². The maximum Gasteiger partial charge on any atom is 0.122 e. The molecule has 0 spiro atoms. The highest BCUT2D eigenvalue weighted by Gasteiger charge is 2.17. The topological polar surface area (TPSA) is 9.23 Å². The lowest BCUT2D eigenvalue weighted by molar-refractivity contribution is 0.337. The van der Waals surface area contributed by atoms with Gasteiger partial charge in [0.25, 0.3) is 0 Å². The molecule has 0 radical (unpaired) electrons. The number of para-hydroxylation sites is 1. The van der Waals surface area contributed by atoms with Crippen molar-refractivity contribution in [3.05, 3.63) is 29.8 Å². The van der Waals surface area contributed by atoms with E-state index in [1.165, 1.54) is 5.56 Å². The third-order valence-corrected chi connectivity index (χ3v) is 1.94. The monoisotopic (exact) mass is 194 g/mol. The molecule has 0 saturated heterocycles. The van der Waals surface area contributed by atoms with Crippen LogP contribution in [0.5, 0.6) is 5.75 Å². The Kier molecular flexibility index (Phi) is 6.91. The van der Waals surface area contributed by atoms with Crippen LogP contribution in [0.2, 0.25) is 0 Å². The lowest BCUT2D eigenvalue weighted by atomic mass is 10.0. The average molecular weight is 194 g/mol. The molecular weight excluding hydrogens is 172 g/mol. The van der Waals surface area contributed by atoms with E-state index in [0.29, 0.717) is 5.92 Å². The van der Waals surface area contributed by atoms with Gasteiger partial charge in [-0.3, -0.25) is 0 Å². The standard InChI is InChI=1S/C9H10O.2C2H6/c1-7-6-10-9-5-3-2-4-8(7)9;2*1-2/h2-5,7H,6H2,1H3;2*1-2H3. The summed E-state index contributed by atoms with van der Waals surface area (Å²) in [4.78, 5) is 0. The van der Waals surface area contributed by atoms with E-state index in [1.54, 1.807) is 0 Å².